The van der Waals surface area contributed by atoms with Gasteiger partial charge in [0.05, 0.1) is 17.1 Å². The normalized spacial score (nSPS) is 11.0. The molecule has 0 unspecified atom stereocenters. The molecule has 0 saturated heterocycles. The molecular formula is C23H22ClN3O4S. The smallest absolute Gasteiger partial charge is 0.264 e. The number of anilines is 2. The summed E-state index contributed by atoms with van der Waals surface area (Å²) in [5.74, 6) is -0.841. The fraction of sp³-hybridized carbons (Fsp3) is 0.130. The van der Waals surface area contributed by atoms with Gasteiger partial charge in [0, 0.05) is 30.4 Å². The van der Waals surface area contributed by atoms with Gasteiger partial charge in [0.2, 0.25) is 5.91 Å². The highest BCUT2D eigenvalue weighted by atomic mass is 35.5. The lowest BCUT2D eigenvalue weighted by molar-refractivity contribution is -0.116. The minimum atomic E-state index is -3.93. The molecule has 0 aliphatic rings. The Balaban J connectivity index is 1.75. The second-order valence-corrected chi connectivity index (χ2v) is 9.46. The third-order valence-corrected chi connectivity index (χ3v) is 6.71. The van der Waals surface area contributed by atoms with E-state index >= 15 is 0 Å². The Labute approximate surface area is 192 Å². The van der Waals surface area contributed by atoms with Crippen molar-refractivity contribution in [3.8, 4) is 0 Å². The summed E-state index contributed by atoms with van der Waals surface area (Å²) >= 11 is 5.97. The average Bonchev–Trinajstić information content (AvgIpc) is 2.78. The summed E-state index contributed by atoms with van der Waals surface area (Å²) < 4.78 is 27.2. The third kappa shape index (κ3) is 5.46. The van der Waals surface area contributed by atoms with Crippen LogP contribution in [-0.4, -0.2) is 45.8 Å². The molecule has 0 heterocycles. The number of amides is 2. The summed E-state index contributed by atoms with van der Waals surface area (Å²) in [4.78, 5) is 26.2. The predicted octanol–water partition coefficient (Wildman–Crippen LogP) is 3.88. The lowest BCUT2D eigenvalue weighted by atomic mass is 10.2. The molecule has 0 atom stereocenters. The van der Waals surface area contributed by atoms with Crippen LogP contribution in [0.3, 0.4) is 0 Å². The molecule has 9 heteroatoms. The van der Waals surface area contributed by atoms with E-state index in [1.807, 2.05) is 6.07 Å². The van der Waals surface area contributed by atoms with Crippen LogP contribution >= 0.6 is 11.6 Å². The molecule has 166 valence electrons. The van der Waals surface area contributed by atoms with Crippen LogP contribution in [0, 0.1) is 0 Å². The first-order valence-electron chi connectivity index (χ1n) is 9.63. The standard InChI is InChI=1S/C23H22ClN3O4S/c1-26(16-22(28)25-19-10-4-3-5-11-19)23(29)17-8-6-13-21(14-17)32(30,31)27(2)20-12-7-9-18(24)15-20/h3-15H,16H2,1-2H3,(H,25,28). The first kappa shape index (κ1) is 23.3. The Morgan fingerprint density at radius 1 is 0.906 bits per heavy atom. The van der Waals surface area contributed by atoms with Gasteiger partial charge in [-0.25, -0.2) is 8.42 Å². The molecule has 1 N–H and O–H groups in total. The highest BCUT2D eigenvalue weighted by Gasteiger charge is 2.24. The predicted molar refractivity (Wildman–Crippen MR) is 126 cm³/mol. The Morgan fingerprint density at radius 2 is 1.59 bits per heavy atom. The molecule has 0 radical (unpaired) electrons. The summed E-state index contributed by atoms with van der Waals surface area (Å²) in [5, 5.41) is 3.11. The van der Waals surface area contributed by atoms with Gasteiger partial charge in [-0.1, -0.05) is 41.9 Å². The van der Waals surface area contributed by atoms with Gasteiger partial charge in [-0.05, 0) is 48.5 Å². The molecule has 7 nitrogen and oxygen atoms in total. The number of benzene rings is 3. The number of nitrogens with zero attached hydrogens (tertiary/aromatic N) is 2. The van der Waals surface area contributed by atoms with Gasteiger partial charge in [0.25, 0.3) is 15.9 Å². The SMILES string of the molecule is CN(CC(=O)Nc1ccccc1)C(=O)c1cccc(S(=O)(=O)N(C)c2cccc(Cl)c2)c1. The second kappa shape index (κ2) is 9.84. The zero-order valence-corrected chi connectivity index (χ0v) is 19.1. The fourth-order valence-corrected chi connectivity index (χ4v) is 4.41. The fourth-order valence-electron chi connectivity index (χ4n) is 2.99. The Hall–Kier alpha value is -3.36. The molecule has 3 aromatic carbocycles. The molecule has 32 heavy (non-hydrogen) atoms. The summed E-state index contributed by atoms with van der Waals surface area (Å²) in [6.07, 6.45) is 0. The van der Waals surface area contributed by atoms with Crippen molar-refractivity contribution in [1.29, 1.82) is 0 Å². The molecule has 0 aliphatic heterocycles. The van der Waals surface area contributed by atoms with Gasteiger partial charge in [-0.3, -0.25) is 13.9 Å². The molecule has 0 spiro atoms. The highest BCUT2D eigenvalue weighted by molar-refractivity contribution is 7.92. The van der Waals surface area contributed by atoms with E-state index in [4.69, 9.17) is 11.6 Å². The van der Waals surface area contributed by atoms with E-state index in [-0.39, 0.29) is 22.9 Å². The summed E-state index contributed by atoms with van der Waals surface area (Å²) in [6, 6.07) is 21.0. The van der Waals surface area contributed by atoms with Crippen molar-refractivity contribution in [2.45, 2.75) is 4.90 Å². The van der Waals surface area contributed by atoms with E-state index in [0.29, 0.717) is 16.4 Å². The summed E-state index contributed by atoms with van der Waals surface area (Å²) in [6.45, 7) is -0.187. The number of rotatable bonds is 7. The number of hydrogen-bond donors (Lipinski definition) is 1. The number of sulfonamides is 1. The van der Waals surface area contributed by atoms with Gasteiger partial charge >= 0.3 is 0 Å². The quantitative estimate of drug-likeness (QED) is 0.566. The Morgan fingerprint density at radius 3 is 2.28 bits per heavy atom. The van der Waals surface area contributed by atoms with Crippen LogP contribution in [0.1, 0.15) is 10.4 Å². The maximum absolute atomic E-state index is 13.1. The molecule has 2 amide bonds. The minimum Gasteiger partial charge on any atom is -0.332 e. The minimum absolute atomic E-state index is 0.0482. The maximum Gasteiger partial charge on any atom is 0.264 e. The first-order valence-corrected chi connectivity index (χ1v) is 11.5. The first-order chi connectivity index (χ1) is 15.2. The summed E-state index contributed by atoms with van der Waals surface area (Å²) in [5.41, 5.74) is 1.17. The van der Waals surface area contributed by atoms with E-state index in [2.05, 4.69) is 5.32 Å². The van der Waals surface area contributed by atoms with Crippen LogP contribution in [0.25, 0.3) is 0 Å². The van der Waals surface area contributed by atoms with E-state index < -0.39 is 15.9 Å². The third-order valence-electron chi connectivity index (χ3n) is 4.70. The van der Waals surface area contributed by atoms with Gasteiger partial charge in [0.1, 0.15) is 0 Å². The van der Waals surface area contributed by atoms with Crippen molar-refractivity contribution < 1.29 is 18.0 Å². The van der Waals surface area contributed by atoms with Crippen LogP contribution in [-0.2, 0) is 14.8 Å². The molecule has 0 aromatic heterocycles. The number of halogens is 1. The van der Waals surface area contributed by atoms with Crippen LogP contribution in [0.5, 0.6) is 0 Å². The van der Waals surface area contributed by atoms with Crippen molar-refractivity contribution in [1.82, 2.24) is 4.90 Å². The van der Waals surface area contributed by atoms with Crippen molar-refractivity contribution in [2.75, 3.05) is 30.3 Å². The zero-order valence-electron chi connectivity index (χ0n) is 17.5. The van der Waals surface area contributed by atoms with Gasteiger partial charge in [0.15, 0.2) is 0 Å². The molecule has 0 fully saturated rings. The Kier molecular flexibility index (Phi) is 7.17. The summed E-state index contributed by atoms with van der Waals surface area (Å²) in [7, 11) is -1.04. The zero-order chi connectivity index (χ0) is 23.3. The van der Waals surface area contributed by atoms with Crippen LogP contribution in [0.2, 0.25) is 5.02 Å². The number of hydrogen-bond acceptors (Lipinski definition) is 4. The van der Waals surface area contributed by atoms with Gasteiger partial charge in [-0.2, -0.15) is 0 Å². The molecular weight excluding hydrogens is 450 g/mol. The number of likely N-dealkylation sites (N-methyl/N-ethyl adjacent to an activating group) is 1. The van der Waals surface area contributed by atoms with E-state index in [0.717, 1.165) is 4.31 Å². The van der Waals surface area contributed by atoms with Crippen LogP contribution in [0.4, 0.5) is 11.4 Å². The van der Waals surface area contributed by atoms with Crippen molar-refractivity contribution >= 4 is 44.8 Å². The topological polar surface area (TPSA) is 86.8 Å². The van der Waals surface area contributed by atoms with Gasteiger partial charge in [-0.15, -0.1) is 0 Å². The monoisotopic (exact) mass is 471 g/mol. The van der Waals surface area contributed by atoms with E-state index in [9.17, 15) is 18.0 Å². The highest BCUT2D eigenvalue weighted by Crippen LogP contribution is 2.25. The van der Waals surface area contributed by atoms with Crippen LogP contribution < -0.4 is 9.62 Å². The number of para-hydroxylation sites is 1. The lowest BCUT2D eigenvalue weighted by Gasteiger charge is -2.21. The maximum atomic E-state index is 13.1. The van der Waals surface area contributed by atoms with E-state index in [1.165, 1.54) is 49.3 Å². The van der Waals surface area contributed by atoms with Crippen molar-refractivity contribution in [3.05, 3.63) is 89.4 Å². The van der Waals surface area contributed by atoms with Gasteiger partial charge < -0.3 is 10.2 Å². The Bertz CT molecular complexity index is 1230. The molecule has 0 aliphatic carbocycles. The number of carbonyl (C=O) groups is 2. The molecule has 0 saturated carbocycles. The largest absolute Gasteiger partial charge is 0.332 e. The van der Waals surface area contributed by atoms with Crippen molar-refractivity contribution in [2.24, 2.45) is 0 Å². The number of carbonyl (C=O) groups excluding carboxylic acids is 2. The van der Waals surface area contributed by atoms with E-state index in [1.54, 1.807) is 42.5 Å². The molecule has 0 bridgehead atoms. The van der Waals surface area contributed by atoms with Crippen molar-refractivity contribution in [3.63, 3.8) is 0 Å². The average molecular weight is 472 g/mol. The van der Waals surface area contributed by atoms with Crippen LogP contribution in [0.15, 0.2) is 83.8 Å². The molecule has 3 aromatic rings. The lowest BCUT2D eigenvalue weighted by Crippen LogP contribution is -2.35. The second-order valence-electron chi connectivity index (χ2n) is 7.06. The number of nitrogens with one attached hydrogen (secondary N) is 1. The molecule has 3 rings (SSSR count).